The Kier molecular flexibility index (Phi) is 8.30. The van der Waals surface area contributed by atoms with Crippen molar-refractivity contribution in [1.82, 2.24) is 39.6 Å². The van der Waals surface area contributed by atoms with Gasteiger partial charge in [-0.25, -0.2) is 4.68 Å². The normalized spacial score (nSPS) is 14.5. The fourth-order valence-electron chi connectivity index (χ4n) is 5.36. The Morgan fingerprint density at radius 1 is 1.00 bits per heavy atom. The third kappa shape index (κ3) is 6.37. The highest BCUT2D eigenvalue weighted by Gasteiger charge is 2.22. The zero-order valence-corrected chi connectivity index (χ0v) is 25.1. The van der Waals surface area contributed by atoms with E-state index in [0.717, 1.165) is 78.7 Å². The molecule has 1 aliphatic heterocycles. The summed E-state index contributed by atoms with van der Waals surface area (Å²) in [5.74, 6) is -0.0306. The average molecular weight is 556 g/mol. The number of carbonyl (C=O) groups is 1. The molecule has 0 spiro atoms. The molecular weight excluding hydrogens is 514 g/mol. The fourth-order valence-corrected chi connectivity index (χ4v) is 5.36. The van der Waals surface area contributed by atoms with Gasteiger partial charge in [-0.2, -0.15) is 5.10 Å². The first kappa shape index (κ1) is 28.6. The Bertz CT molecular complexity index is 1510. The number of piperazine rings is 1. The second kappa shape index (κ2) is 11.9. The van der Waals surface area contributed by atoms with Gasteiger partial charge in [0.25, 0.3) is 0 Å². The van der Waals surface area contributed by atoms with Crippen molar-refractivity contribution in [3.63, 3.8) is 0 Å². The van der Waals surface area contributed by atoms with Gasteiger partial charge in [-0.1, -0.05) is 19.1 Å². The first-order valence-corrected chi connectivity index (χ1v) is 14.6. The van der Waals surface area contributed by atoms with Crippen LogP contribution in [0.25, 0.3) is 16.9 Å². The molecule has 0 unspecified atom stereocenters. The molecule has 216 valence electrons. The van der Waals surface area contributed by atoms with Crippen LogP contribution in [0.3, 0.4) is 0 Å². The average Bonchev–Trinajstić information content (AvgIpc) is 3.63. The van der Waals surface area contributed by atoms with E-state index in [1.165, 1.54) is 6.42 Å². The Morgan fingerprint density at radius 3 is 2.46 bits per heavy atom. The summed E-state index contributed by atoms with van der Waals surface area (Å²) in [5.41, 5.74) is 6.52. The Hall–Kier alpha value is -3.92. The standard InChI is InChI=1S/C31H41N9O/c1-7-9-37-10-12-38(13-11-37)26-16-24(19-32-20-26)28-21-39(36-34-28)29-14-23(18-33-22(29)3)15-30(41)27-17-25(8-2)40(35-27)31(4,5)6/h14,16-21H,7-13,15H2,1-6H3. The Morgan fingerprint density at radius 2 is 1.78 bits per heavy atom. The third-order valence-electron chi connectivity index (χ3n) is 7.59. The van der Waals surface area contributed by atoms with Crippen LogP contribution in [0.4, 0.5) is 5.69 Å². The highest BCUT2D eigenvalue weighted by atomic mass is 16.1. The van der Waals surface area contributed by atoms with Crippen molar-refractivity contribution in [1.29, 1.82) is 0 Å². The fraction of sp³-hybridized carbons (Fsp3) is 0.484. The van der Waals surface area contributed by atoms with Crippen molar-refractivity contribution in [2.75, 3.05) is 37.6 Å². The Labute approximate surface area is 242 Å². The molecule has 1 fully saturated rings. The lowest BCUT2D eigenvalue weighted by molar-refractivity contribution is 0.0986. The molecule has 0 N–H and O–H groups in total. The molecule has 0 aromatic carbocycles. The van der Waals surface area contributed by atoms with E-state index >= 15 is 0 Å². The van der Waals surface area contributed by atoms with E-state index in [-0.39, 0.29) is 17.7 Å². The first-order chi connectivity index (χ1) is 19.7. The predicted molar refractivity (Wildman–Crippen MR) is 161 cm³/mol. The van der Waals surface area contributed by atoms with Crippen LogP contribution in [0.5, 0.6) is 0 Å². The van der Waals surface area contributed by atoms with Gasteiger partial charge in [0.05, 0.1) is 35.0 Å². The van der Waals surface area contributed by atoms with Crippen molar-refractivity contribution in [2.45, 2.75) is 66.3 Å². The molecule has 10 nitrogen and oxygen atoms in total. The predicted octanol–water partition coefficient (Wildman–Crippen LogP) is 4.50. The van der Waals surface area contributed by atoms with Crippen LogP contribution >= 0.6 is 0 Å². The number of anilines is 1. The molecule has 4 aromatic rings. The minimum absolute atomic E-state index is 0.0306. The molecule has 0 atom stereocenters. The van der Waals surface area contributed by atoms with Gasteiger partial charge in [0, 0.05) is 56.3 Å². The monoisotopic (exact) mass is 555 g/mol. The quantitative estimate of drug-likeness (QED) is 0.279. The van der Waals surface area contributed by atoms with Crippen molar-refractivity contribution in [3.8, 4) is 16.9 Å². The molecule has 1 saturated heterocycles. The lowest BCUT2D eigenvalue weighted by Crippen LogP contribution is -2.46. The summed E-state index contributed by atoms with van der Waals surface area (Å²) >= 11 is 0. The smallest absolute Gasteiger partial charge is 0.187 e. The zero-order chi connectivity index (χ0) is 29.1. The lowest BCUT2D eigenvalue weighted by atomic mass is 10.1. The number of pyridine rings is 2. The number of Topliss-reactive ketones (excluding diaryl/α,β-unsaturated/α-hetero) is 1. The number of aromatic nitrogens is 7. The van der Waals surface area contributed by atoms with Gasteiger partial charge in [0.2, 0.25) is 0 Å². The van der Waals surface area contributed by atoms with Gasteiger partial charge in [-0.3, -0.25) is 24.3 Å². The van der Waals surface area contributed by atoms with Crippen molar-refractivity contribution in [3.05, 3.63) is 65.6 Å². The number of hydrogen-bond acceptors (Lipinski definition) is 8. The molecule has 0 aliphatic carbocycles. The van der Waals surface area contributed by atoms with Gasteiger partial charge in [-0.05, 0) is 70.8 Å². The molecule has 41 heavy (non-hydrogen) atoms. The van der Waals surface area contributed by atoms with Gasteiger partial charge >= 0.3 is 0 Å². The summed E-state index contributed by atoms with van der Waals surface area (Å²) in [5, 5.41) is 13.5. The number of rotatable bonds is 9. The maximum Gasteiger partial charge on any atom is 0.187 e. The van der Waals surface area contributed by atoms with Crippen molar-refractivity contribution >= 4 is 11.5 Å². The van der Waals surface area contributed by atoms with E-state index in [2.05, 4.69) is 75.9 Å². The summed E-state index contributed by atoms with van der Waals surface area (Å²) in [6.07, 6.45) is 9.61. The summed E-state index contributed by atoms with van der Waals surface area (Å²) in [4.78, 5) is 27.2. The van der Waals surface area contributed by atoms with Crippen molar-refractivity contribution < 1.29 is 4.79 Å². The molecule has 4 aromatic heterocycles. The lowest BCUT2D eigenvalue weighted by Gasteiger charge is -2.35. The number of ketones is 1. The van der Waals surface area contributed by atoms with Gasteiger partial charge in [0.1, 0.15) is 11.4 Å². The Balaban J connectivity index is 1.33. The van der Waals surface area contributed by atoms with Crippen LogP contribution in [-0.2, 0) is 18.4 Å². The van der Waals surface area contributed by atoms with Crippen LogP contribution in [0.2, 0.25) is 0 Å². The van der Waals surface area contributed by atoms with Crippen LogP contribution < -0.4 is 4.90 Å². The second-order valence-electron chi connectivity index (χ2n) is 11.8. The maximum atomic E-state index is 13.2. The molecule has 0 saturated carbocycles. The van der Waals surface area contributed by atoms with E-state index in [0.29, 0.717) is 5.69 Å². The molecule has 5 heterocycles. The summed E-state index contributed by atoms with van der Waals surface area (Å²) in [7, 11) is 0. The third-order valence-corrected chi connectivity index (χ3v) is 7.59. The first-order valence-electron chi connectivity index (χ1n) is 14.6. The zero-order valence-electron chi connectivity index (χ0n) is 25.1. The molecule has 1 aliphatic rings. The van der Waals surface area contributed by atoms with Crippen LogP contribution in [0.1, 0.15) is 68.5 Å². The highest BCUT2D eigenvalue weighted by Crippen LogP contribution is 2.25. The number of carbonyl (C=O) groups excluding carboxylic acids is 1. The summed E-state index contributed by atoms with van der Waals surface area (Å²) in [6, 6.07) is 6.01. The molecule has 5 rings (SSSR count). The molecular formula is C31H41N9O. The SMILES string of the molecule is CCCN1CCN(c2cncc(-c3cn(-c4cc(CC(=O)c5cc(CC)n(C(C)(C)C)n5)cnc4C)nn3)c2)CC1. The highest BCUT2D eigenvalue weighted by molar-refractivity contribution is 5.95. The maximum absolute atomic E-state index is 13.2. The largest absolute Gasteiger partial charge is 0.368 e. The molecule has 0 radical (unpaired) electrons. The van der Waals surface area contributed by atoms with Gasteiger partial charge in [0.15, 0.2) is 5.78 Å². The topological polar surface area (TPSA) is 97.9 Å². The van der Waals surface area contributed by atoms with E-state index in [4.69, 9.17) is 0 Å². The number of nitrogens with zero attached hydrogens (tertiary/aromatic N) is 9. The minimum Gasteiger partial charge on any atom is -0.368 e. The van der Waals surface area contributed by atoms with E-state index < -0.39 is 0 Å². The molecule has 0 bridgehead atoms. The van der Waals surface area contributed by atoms with E-state index in [1.807, 2.05) is 42.3 Å². The molecule has 10 heteroatoms. The number of aryl methyl sites for hydroxylation is 2. The minimum atomic E-state index is -0.189. The van der Waals surface area contributed by atoms with E-state index in [9.17, 15) is 4.79 Å². The van der Waals surface area contributed by atoms with Gasteiger partial charge < -0.3 is 4.90 Å². The summed E-state index contributed by atoms with van der Waals surface area (Å²) < 4.78 is 3.68. The van der Waals surface area contributed by atoms with Crippen LogP contribution in [0, 0.1) is 6.92 Å². The van der Waals surface area contributed by atoms with Crippen molar-refractivity contribution in [2.24, 2.45) is 0 Å². The van der Waals surface area contributed by atoms with E-state index in [1.54, 1.807) is 10.9 Å². The second-order valence-corrected chi connectivity index (χ2v) is 11.8. The van der Waals surface area contributed by atoms with Gasteiger partial charge in [-0.15, -0.1) is 5.10 Å². The number of hydrogen-bond donors (Lipinski definition) is 0. The van der Waals surface area contributed by atoms with Crippen LogP contribution in [0.15, 0.2) is 43.0 Å². The summed E-state index contributed by atoms with van der Waals surface area (Å²) in [6.45, 7) is 17.8. The van der Waals surface area contributed by atoms with Crippen LogP contribution in [-0.4, -0.2) is 78.1 Å². The molecule has 0 amide bonds.